The van der Waals surface area contributed by atoms with Gasteiger partial charge >= 0.3 is 0 Å². The first kappa shape index (κ1) is 20.6. The molecule has 0 aromatic heterocycles. The molecule has 1 aliphatic carbocycles. The number of carbonyl (C=O) groups excluding carboxylic acids is 2. The minimum Gasteiger partial charge on any atom is -0.352 e. The Hall–Kier alpha value is -1.14. The molecule has 0 spiro atoms. The molecule has 2 aliphatic heterocycles. The van der Waals surface area contributed by atoms with Crippen LogP contribution in [0.5, 0.6) is 0 Å². The van der Waals surface area contributed by atoms with E-state index in [0.29, 0.717) is 30.8 Å². The van der Waals surface area contributed by atoms with Gasteiger partial charge in [-0.1, -0.05) is 19.8 Å². The molecule has 2 N–H and O–H groups in total. The maximum absolute atomic E-state index is 12.5. The van der Waals surface area contributed by atoms with E-state index in [1.54, 1.807) is 0 Å². The van der Waals surface area contributed by atoms with Gasteiger partial charge in [-0.25, -0.2) is 0 Å². The van der Waals surface area contributed by atoms with E-state index in [1.807, 2.05) is 4.90 Å². The second kappa shape index (κ2) is 10.4. The van der Waals surface area contributed by atoms with E-state index in [2.05, 4.69) is 22.5 Å². The fourth-order valence-corrected chi connectivity index (χ4v) is 4.85. The van der Waals surface area contributed by atoms with Crippen LogP contribution >= 0.6 is 0 Å². The Morgan fingerprint density at radius 1 is 1.04 bits per heavy atom. The highest BCUT2D eigenvalue weighted by Crippen LogP contribution is 2.23. The summed E-state index contributed by atoms with van der Waals surface area (Å²) in [4.78, 5) is 29.0. The number of hydrogen-bond donors (Lipinski definition) is 2. The van der Waals surface area contributed by atoms with Crippen LogP contribution in [0.1, 0.15) is 58.3 Å². The molecule has 3 aliphatic rings. The van der Waals surface area contributed by atoms with E-state index in [0.717, 1.165) is 64.4 Å². The van der Waals surface area contributed by atoms with Crippen molar-refractivity contribution in [1.82, 2.24) is 20.4 Å². The van der Waals surface area contributed by atoms with Crippen LogP contribution in [-0.4, -0.2) is 73.5 Å². The molecule has 1 saturated carbocycles. The van der Waals surface area contributed by atoms with Crippen molar-refractivity contribution < 1.29 is 9.59 Å². The van der Waals surface area contributed by atoms with E-state index in [1.165, 1.54) is 25.7 Å². The van der Waals surface area contributed by atoms with Crippen molar-refractivity contribution in [1.29, 1.82) is 0 Å². The van der Waals surface area contributed by atoms with Crippen molar-refractivity contribution >= 4 is 11.8 Å². The Balaban J connectivity index is 1.31. The van der Waals surface area contributed by atoms with Crippen molar-refractivity contribution in [3.05, 3.63) is 0 Å². The van der Waals surface area contributed by atoms with Crippen molar-refractivity contribution in [2.75, 3.05) is 45.8 Å². The van der Waals surface area contributed by atoms with Crippen LogP contribution in [0, 0.1) is 11.8 Å². The third-order valence-corrected chi connectivity index (χ3v) is 6.62. The van der Waals surface area contributed by atoms with E-state index in [-0.39, 0.29) is 5.91 Å². The molecule has 2 unspecified atom stereocenters. The van der Waals surface area contributed by atoms with Gasteiger partial charge in [0.15, 0.2) is 0 Å². The average molecular weight is 379 g/mol. The lowest BCUT2D eigenvalue weighted by Gasteiger charge is -2.35. The monoisotopic (exact) mass is 378 g/mol. The van der Waals surface area contributed by atoms with E-state index < -0.39 is 0 Å². The Morgan fingerprint density at radius 2 is 1.78 bits per heavy atom. The molecule has 0 radical (unpaired) electrons. The second-order valence-corrected chi connectivity index (χ2v) is 8.93. The molecule has 0 bridgehead atoms. The maximum Gasteiger partial charge on any atom is 0.234 e. The minimum atomic E-state index is 0.153. The highest BCUT2D eigenvalue weighted by molar-refractivity contribution is 5.78. The van der Waals surface area contributed by atoms with Crippen molar-refractivity contribution in [3.63, 3.8) is 0 Å². The molecule has 0 aromatic carbocycles. The Bertz CT molecular complexity index is 485. The first-order valence-electron chi connectivity index (χ1n) is 11.1. The number of piperidine rings is 1. The lowest BCUT2D eigenvalue weighted by molar-refractivity contribution is -0.133. The number of hydrogen-bond acceptors (Lipinski definition) is 4. The molecule has 3 fully saturated rings. The molecule has 2 atom stereocenters. The third-order valence-electron chi connectivity index (χ3n) is 6.62. The molecule has 2 saturated heterocycles. The average Bonchev–Trinajstić information content (AvgIpc) is 2.67. The Morgan fingerprint density at radius 3 is 2.48 bits per heavy atom. The van der Waals surface area contributed by atoms with Crippen LogP contribution in [0.4, 0.5) is 0 Å². The standard InChI is InChI=1S/C21H38N4O2/c1-17-3-2-4-19(15-17)23-20(26)16-24-11-13-25(14-12-24)21(27)6-5-18-7-9-22-10-8-18/h17-19,22H,2-16H2,1H3,(H,23,26). The van der Waals surface area contributed by atoms with Crippen molar-refractivity contribution in [2.45, 2.75) is 64.3 Å². The van der Waals surface area contributed by atoms with Crippen LogP contribution in [0.15, 0.2) is 0 Å². The lowest BCUT2D eigenvalue weighted by Crippen LogP contribution is -2.52. The highest BCUT2D eigenvalue weighted by atomic mass is 16.2. The molecular weight excluding hydrogens is 340 g/mol. The lowest BCUT2D eigenvalue weighted by atomic mass is 9.87. The Labute approximate surface area is 164 Å². The normalized spacial score (nSPS) is 28.1. The SMILES string of the molecule is CC1CCCC(NC(=O)CN2CCN(C(=O)CCC3CCNCC3)CC2)C1. The zero-order chi connectivity index (χ0) is 19.1. The zero-order valence-electron chi connectivity index (χ0n) is 17.0. The highest BCUT2D eigenvalue weighted by Gasteiger charge is 2.25. The minimum absolute atomic E-state index is 0.153. The van der Waals surface area contributed by atoms with Crippen LogP contribution in [-0.2, 0) is 9.59 Å². The van der Waals surface area contributed by atoms with Gasteiger partial charge in [0.05, 0.1) is 6.54 Å². The molecule has 2 heterocycles. The first-order chi connectivity index (χ1) is 13.1. The summed E-state index contributed by atoms with van der Waals surface area (Å²) in [5.74, 6) is 1.89. The molecule has 6 heteroatoms. The predicted molar refractivity (Wildman–Crippen MR) is 107 cm³/mol. The molecule has 27 heavy (non-hydrogen) atoms. The number of carbonyl (C=O) groups is 2. The van der Waals surface area contributed by atoms with E-state index in [4.69, 9.17) is 0 Å². The first-order valence-corrected chi connectivity index (χ1v) is 11.1. The van der Waals surface area contributed by atoms with E-state index in [9.17, 15) is 9.59 Å². The van der Waals surface area contributed by atoms with Crippen LogP contribution in [0.25, 0.3) is 0 Å². The number of piperazine rings is 1. The smallest absolute Gasteiger partial charge is 0.234 e. The number of amides is 2. The molecule has 3 rings (SSSR count). The van der Waals surface area contributed by atoms with Crippen LogP contribution in [0.3, 0.4) is 0 Å². The van der Waals surface area contributed by atoms with Crippen molar-refractivity contribution in [2.24, 2.45) is 11.8 Å². The van der Waals surface area contributed by atoms with Gasteiger partial charge in [0.25, 0.3) is 0 Å². The predicted octanol–water partition coefficient (Wildman–Crippen LogP) is 1.61. The summed E-state index contributed by atoms with van der Waals surface area (Å²) in [6, 6.07) is 0.360. The maximum atomic E-state index is 12.5. The van der Waals surface area contributed by atoms with E-state index >= 15 is 0 Å². The quantitative estimate of drug-likeness (QED) is 0.737. The molecule has 0 aromatic rings. The number of nitrogens with one attached hydrogen (secondary N) is 2. The molecule has 2 amide bonds. The Kier molecular flexibility index (Phi) is 7.94. The molecule has 154 valence electrons. The summed E-state index contributed by atoms with van der Waals surface area (Å²) in [5.41, 5.74) is 0. The van der Waals surface area contributed by atoms with Gasteiger partial charge < -0.3 is 15.5 Å². The van der Waals surface area contributed by atoms with Gasteiger partial charge in [0.2, 0.25) is 11.8 Å². The molecule has 6 nitrogen and oxygen atoms in total. The summed E-state index contributed by atoms with van der Waals surface area (Å²) >= 11 is 0. The van der Waals surface area contributed by atoms with Gasteiger partial charge in [0, 0.05) is 38.6 Å². The largest absolute Gasteiger partial charge is 0.352 e. The number of rotatable bonds is 6. The zero-order valence-corrected chi connectivity index (χ0v) is 17.0. The van der Waals surface area contributed by atoms with Gasteiger partial charge in [-0.2, -0.15) is 0 Å². The van der Waals surface area contributed by atoms with Gasteiger partial charge in [0.1, 0.15) is 0 Å². The van der Waals surface area contributed by atoms with Gasteiger partial charge in [-0.3, -0.25) is 14.5 Å². The van der Waals surface area contributed by atoms with Crippen LogP contribution in [0.2, 0.25) is 0 Å². The summed E-state index contributed by atoms with van der Waals surface area (Å²) in [6.45, 7) is 8.10. The fourth-order valence-electron chi connectivity index (χ4n) is 4.85. The fraction of sp³-hybridized carbons (Fsp3) is 0.905. The summed E-state index contributed by atoms with van der Waals surface area (Å²) in [7, 11) is 0. The van der Waals surface area contributed by atoms with Gasteiger partial charge in [-0.05, 0) is 57.0 Å². The van der Waals surface area contributed by atoms with Crippen molar-refractivity contribution in [3.8, 4) is 0 Å². The van der Waals surface area contributed by atoms with Gasteiger partial charge in [-0.15, -0.1) is 0 Å². The molecular formula is C21H38N4O2. The number of nitrogens with zero attached hydrogens (tertiary/aromatic N) is 2. The third kappa shape index (κ3) is 6.75. The topological polar surface area (TPSA) is 64.7 Å². The summed E-state index contributed by atoms with van der Waals surface area (Å²) in [6.07, 6.45) is 8.88. The summed E-state index contributed by atoms with van der Waals surface area (Å²) < 4.78 is 0. The second-order valence-electron chi connectivity index (χ2n) is 8.93. The van der Waals surface area contributed by atoms with Crippen LogP contribution < -0.4 is 10.6 Å². The summed E-state index contributed by atoms with van der Waals surface area (Å²) in [5, 5.41) is 6.60.